The molecule has 1 aromatic carbocycles. The average molecular weight is 555 g/mol. The van der Waals surface area contributed by atoms with Crippen LogP contribution in [0, 0.1) is 0 Å². The van der Waals surface area contributed by atoms with Crippen molar-refractivity contribution in [3.63, 3.8) is 0 Å². The molecule has 0 fully saturated rings. The van der Waals surface area contributed by atoms with Crippen LogP contribution in [0.15, 0.2) is 24.3 Å². The molecule has 4 atom stereocenters. The fourth-order valence-electron chi connectivity index (χ4n) is 3.23. The molecule has 15 heteroatoms. The number of carbonyl (C=O) groups excluding carboxylic acids is 5. The number of thioether (sulfide) groups is 1. The molecule has 1 aromatic rings. The molecule has 0 aromatic heterocycles. The molecule has 4 unspecified atom stereocenters. The third kappa shape index (κ3) is 11.9. The van der Waals surface area contributed by atoms with Crippen LogP contribution < -0.4 is 33.2 Å². The van der Waals surface area contributed by atoms with Gasteiger partial charge < -0.3 is 43.4 Å². The Morgan fingerprint density at radius 2 is 1.39 bits per heavy atom. The fourth-order valence-corrected chi connectivity index (χ4v) is 3.70. The van der Waals surface area contributed by atoms with Crippen LogP contribution >= 0.6 is 11.8 Å². The number of amides is 5. The Morgan fingerprint density at radius 3 is 1.92 bits per heavy atom. The van der Waals surface area contributed by atoms with Crippen LogP contribution in [-0.4, -0.2) is 81.9 Å². The minimum Gasteiger partial charge on any atom is -0.508 e. The second kappa shape index (κ2) is 16.1. The third-order valence-corrected chi connectivity index (χ3v) is 5.96. The standard InChI is InChI=1S/C23H34N6O8S/c1-38-9-8-15(23(36)37)27-22(35)17(11-19(26)32)29-21(34)16(10-12-2-4-13(30)5-3-12)28-20(33)14(24)6-7-18(25)31/h2-5,14-17,30H,6-11,24H2,1H3,(H2,25,31)(H2,26,32)(H,27,35)(H,28,33)(H,29,34)(H,36,37). The first kappa shape index (κ1) is 32.2. The molecule has 1 rings (SSSR count). The first-order valence-corrected chi connectivity index (χ1v) is 13.0. The molecule has 0 aliphatic carbocycles. The van der Waals surface area contributed by atoms with E-state index in [-0.39, 0.29) is 31.4 Å². The Kier molecular flexibility index (Phi) is 13.6. The zero-order valence-corrected chi connectivity index (χ0v) is 21.7. The number of carboxylic acid groups (broad SMARTS) is 1. The van der Waals surface area contributed by atoms with E-state index in [2.05, 4.69) is 16.0 Å². The predicted octanol–water partition coefficient (Wildman–Crippen LogP) is -2.30. The third-order valence-electron chi connectivity index (χ3n) is 5.31. The molecule has 11 N–H and O–H groups in total. The average Bonchev–Trinajstić information content (AvgIpc) is 2.84. The number of nitrogens with one attached hydrogen (secondary N) is 3. The second-order valence-electron chi connectivity index (χ2n) is 8.46. The fraction of sp³-hybridized carbons (Fsp3) is 0.478. The minimum absolute atomic E-state index is 0.0279. The van der Waals surface area contributed by atoms with Crippen molar-refractivity contribution >= 4 is 47.3 Å². The van der Waals surface area contributed by atoms with Gasteiger partial charge in [0, 0.05) is 12.8 Å². The Labute approximate surface area is 223 Å². The lowest BCUT2D eigenvalue weighted by atomic mass is 10.0. The molecule has 5 amide bonds. The van der Waals surface area contributed by atoms with Gasteiger partial charge >= 0.3 is 5.97 Å². The van der Waals surface area contributed by atoms with E-state index in [4.69, 9.17) is 17.2 Å². The van der Waals surface area contributed by atoms with Gasteiger partial charge in [0.15, 0.2) is 0 Å². The zero-order chi connectivity index (χ0) is 28.8. The summed E-state index contributed by atoms with van der Waals surface area (Å²) in [6.07, 6.45) is 0.891. The molecule has 0 aliphatic heterocycles. The molecular formula is C23H34N6O8S. The van der Waals surface area contributed by atoms with Gasteiger partial charge in [-0.1, -0.05) is 12.1 Å². The Balaban J connectivity index is 3.12. The number of carbonyl (C=O) groups is 6. The summed E-state index contributed by atoms with van der Waals surface area (Å²) in [4.78, 5) is 72.7. The number of rotatable bonds is 17. The van der Waals surface area contributed by atoms with Gasteiger partial charge in [-0.05, 0) is 42.5 Å². The van der Waals surface area contributed by atoms with Crippen LogP contribution in [0.1, 0.15) is 31.2 Å². The number of phenolic OH excluding ortho intramolecular Hbond substituents is 1. The van der Waals surface area contributed by atoms with Gasteiger partial charge in [0.1, 0.15) is 23.9 Å². The minimum atomic E-state index is -1.53. The predicted molar refractivity (Wildman–Crippen MR) is 138 cm³/mol. The monoisotopic (exact) mass is 554 g/mol. The number of phenols is 1. The van der Waals surface area contributed by atoms with Crippen molar-refractivity contribution in [1.82, 2.24) is 16.0 Å². The van der Waals surface area contributed by atoms with Crippen molar-refractivity contribution in [1.29, 1.82) is 0 Å². The van der Waals surface area contributed by atoms with E-state index in [0.717, 1.165) is 0 Å². The molecule has 0 aliphatic rings. The smallest absolute Gasteiger partial charge is 0.326 e. The normalized spacial score (nSPS) is 13.8. The number of aliphatic carboxylic acids is 1. The molecule has 14 nitrogen and oxygen atoms in total. The number of hydrogen-bond acceptors (Lipinski definition) is 9. The molecule has 210 valence electrons. The van der Waals surface area contributed by atoms with E-state index in [1.54, 1.807) is 6.26 Å². The van der Waals surface area contributed by atoms with Crippen LogP contribution in [0.4, 0.5) is 0 Å². The molecule has 0 saturated heterocycles. The Morgan fingerprint density at radius 1 is 0.842 bits per heavy atom. The highest BCUT2D eigenvalue weighted by atomic mass is 32.2. The van der Waals surface area contributed by atoms with Crippen molar-refractivity contribution in [2.24, 2.45) is 17.2 Å². The summed E-state index contributed by atoms with van der Waals surface area (Å²) >= 11 is 1.37. The molecule has 38 heavy (non-hydrogen) atoms. The summed E-state index contributed by atoms with van der Waals surface area (Å²) in [5.74, 6) is -5.09. The number of benzene rings is 1. The van der Waals surface area contributed by atoms with E-state index in [9.17, 15) is 39.0 Å². The highest BCUT2D eigenvalue weighted by Gasteiger charge is 2.31. The van der Waals surface area contributed by atoms with Crippen LogP contribution in [0.25, 0.3) is 0 Å². The van der Waals surface area contributed by atoms with Gasteiger partial charge in [0.05, 0.1) is 12.5 Å². The van der Waals surface area contributed by atoms with Crippen molar-refractivity contribution < 1.29 is 39.0 Å². The summed E-state index contributed by atoms with van der Waals surface area (Å²) in [6.45, 7) is 0. The second-order valence-corrected chi connectivity index (χ2v) is 9.44. The summed E-state index contributed by atoms with van der Waals surface area (Å²) < 4.78 is 0. The van der Waals surface area contributed by atoms with Crippen LogP contribution in [0.5, 0.6) is 5.75 Å². The topological polar surface area (TPSA) is 257 Å². The van der Waals surface area contributed by atoms with Gasteiger partial charge in [0.2, 0.25) is 29.5 Å². The zero-order valence-electron chi connectivity index (χ0n) is 20.8. The molecule has 0 spiro atoms. The molecule has 0 saturated carbocycles. The van der Waals surface area contributed by atoms with Crippen LogP contribution in [0.3, 0.4) is 0 Å². The van der Waals surface area contributed by atoms with Gasteiger partial charge in [-0.2, -0.15) is 11.8 Å². The highest BCUT2D eigenvalue weighted by molar-refractivity contribution is 7.98. The lowest BCUT2D eigenvalue weighted by Crippen LogP contribution is -2.58. The van der Waals surface area contributed by atoms with Gasteiger partial charge in [-0.3, -0.25) is 24.0 Å². The largest absolute Gasteiger partial charge is 0.508 e. The summed E-state index contributed by atoms with van der Waals surface area (Å²) in [7, 11) is 0. The Hall–Kier alpha value is -3.85. The highest BCUT2D eigenvalue weighted by Crippen LogP contribution is 2.12. The van der Waals surface area contributed by atoms with Crippen molar-refractivity contribution in [2.75, 3.05) is 12.0 Å². The lowest BCUT2D eigenvalue weighted by molar-refractivity contribution is -0.142. The van der Waals surface area contributed by atoms with E-state index in [1.165, 1.54) is 36.0 Å². The van der Waals surface area contributed by atoms with E-state index in [0.29, 0.717) is 11.3 Å². The number of nitrogens with two attached hydrogens (primary N) is 3. The summed E-state index contributed by atoms with van der Waals surface area (Å²) in [5, 5.41) is 26.0. The number of carboxylic acids is 1. The van der Waals surface area contributed by atoms with Gasteiger partial charge in [-0.25, -0.2) is 4.79 Å². The maximum Gasteiger partial charge on any atom is 0.326 e. The van der Waals surface area contributed by atoms with Gasteiger partial charge in [0.25, 0.3) is 0 Å². The lowest BCUT2D eigenvalue weighted by Gasteiger charge is -2.25. The molecule has 0 heterocycles. The van der Waals surface area contributed by atoms with Gasteiger partial charge in [-0.15, -0.1) is 0 Å². The van der Waals surface area contributed by atoms with E-state index in [1.807, 2.05) is 0 Å². The van der Waals surface area contributed by atoms with Crippen molar-refractivity contribution in [3.8, 4) is 5.75 Å². The molecule has 0 bridgehead atoms. The quantitative estimate of drug-likeness (QED) is 0.102. The van der Waals surface area contributed by atoms with Crippen LogP contribution in [-0.2, 0) is 35.2 Å². The maximum absolute atomic E-state index is 13.2. The number of hydrogen-bond donors (Lipinski definition) is 8. The SMILES string of the molecule is CSCCC(NC(=O)C(CC(N)=O)NC(=O)C(Cc1ccc(O)cc1)NC(=O)C(N)CCC(N)=O)C(=O)O. The molecule has 0 radical (unpaired) electrons. The van der Waals surface area contributed by atoms with E-state index >= 15 is 0 Å². The van der Waals surface area contributed by atoms with E-state index < -0.39 is 66.1 Å². The number of aromatic hydroxyl groups is 1. The first-order chi connectivity index (χ1) is 17.8. The maximum atomic E-state index is 13.2. The van der Waals surface area contributed by atoms with Crippen molar-refractivity contribution in [3.05, 3.63) is 29.8 Å². The molecular weight excluding hydrogens is 520 g/mol. The summed E-state index contributed by atoms with van der Waals surface area (Å²) in [6, 6.07) is 0.481. The first-order valence-electron chi connectivity index (χ1n) is 11.6. The Bertz CT molecular complexity index is 1010. The summed E-state index contributed by atoms with van der Waals surface area (Å²) in [5.41, 5.74) is 16.6. The van der Waals surface area contributed by atoms with Crippen molar-refractivity contribution in [2.45, 2.75) is 56.3 Å². The number of primary amides is 2. The van der Waals surface area contributed by atoms with Crippen LogP contribution in [0.2, 0.25) is 0 Å².